The second-order valence-electron chi connectivity index (χ2n) is 3.80. The van der Waals surface area contributed by atoms with Crippen molar-refractivity contribution in [2.24, 2.45) is 0 Å². The van der Waals surface area contributed by atoms with Crippen LogP contribution in [-0.4, -0.2) is 16.5 Å². The maximum Gasteiger partial charge on any atom is 0.233 e. The zero-order valence-corrected chi connectivity index (χ0v) is 13.5. The molecule has 1 N–H and O–H groups in total. The molecule has 0 radical (unpaired) electrons. The molecule has 1 aromatic carbocycles. The molecule has 0 fully saturated rings. The van der Waals surface area contributed by atoms with E-state index in [1.165, 1.54) is 0 Å². The third kappa shape index (κ3) is 4.18. The zero-order valence-electron chi connectivity index (χ0n) is 10.4. The Bertz CT molecular complexity index is 563. The Morgan fingerprint density at radius 3 is 2.89 bits per heavy atom. The van der Waals surface area contributed by atoms with E-state index < -0.39 is 0 Å². The minimum absolute atomic E-state index is 0.459. The maximum atomic E-state index is 5.71. The van der Waals surface area contributed by atoms with Gasteiger partial charge in [-0.05, 0) is 40.5 Å². The average Bonchev–Trinajstić information content (AvgIpc) is 2.40. The number of hydrogen-bond acceptors (Lipinski definition) is 4. The Morgan fingerprint density at radius 2 is 2.16 bits per heavy atom. The fourth-order valence-electron chi connectivity index (χ4n) is 1.47. The summed E-state index contributed by atoms with van der Waals surface area (Å²) in [7, 11) is 0. The molecular weight excluding hydrogens is 374 g/mol. The van der Waals surface area contributed by atoms with Gasteiger partial charge < -0.3 is 10.1 Å². The Balaban J connectivity index is 2.08. The molecule has 0 amide bonds. The Labute approximate surface area is 128 Å². The first-order valence-electron chi connectivity index (χ1n) is 5.82. The monoisotopic (exact) mass is 385 g/mol. The molecule has 0 saturated carbocycles. The van der Waals surface area contributed by atoms with Crippen molar-refractivity contribution in [3.8, 4) is 5.88 Å². The van der Waals surface area contributed by atoms with Gasteiger partial charge in [0, 0.05) is 11.0 Å². The van der Waals surface area contributed by atoms with E-state index in [9.17, 15) is 0 Å². The maximum absolute atomic E-state index is 5.71. The van der Waals surface area contributed by atoms with Gasteiger partial charge in [-0.1, -0.05) is 28.1 Å². The molecule has 100 valence electrons. The predicted molar refractivity (Wildman–Crippen MR) is 82.4 cm³/mol. The Morgan fingerprint density at radius 1 is 1.32 bits per heavy atom. The van der Waals surface area contributed by atoms with Crippen LogP contribution in [0.4, 0.5) is 5.95 Å². The van der Waals surface area contributed by atoms with Crippen LogP contribution in [0.25, 0.3) is 0 Å². The van der Waals surface area contributed by atoms with E-state index in [2.05, 4.69) is 47.1 Å². The highest BCUT2D eigenvalue weighted by atomic mass is 79.9. The van der Waals surface area contributed by atoms with Gasteiger partial charge in [0.2, 0.25) is 11.8 Å². The summed E-state index contributed by atoms with van der Waals surface area (Å²) in [6.45, 7) is 3.22. The number of anilines is 1. The summed E-state index contributed by atoms with van der Waals surface area (Å²) in [5.74, 6) is 1.10. The largest absolute Gasteiger partial charge is 0.472 e. The topological polar surface area (TPSA) is 47.0 Å². The summed E-state index contributed by atoms with van der Waals surface area (Å²) in [5, 5.41) is 3.05. The van der Waals surface area contributed by atoms with Gasteiger partial charge in [-0.15, -0.1) is 0 Å². The van der Waals surface area contributed by atoms with Gasteiger partial charge >= 0.3 is 0 Å². The first-order valence-corrected chi connectivity index (χ1v) is 7.41. The second kappa shape index (κ2) is 6.86. The van der Waals surface area contributed by atoms with Crippen LogP contribution in [0, 0.1) is 0 Å². The molecule has 0 saturated heterocycles. The lowest BCUT2D eigenvalue weighted by Gasteiger charge is -2.09. The normalized spacial score (nSPS) is 10.3. The van der Waals surface area contributed by atoms with Crippen molar-refractivity contribution in [1.29, 1.82) is 0 Å². The molecule has 1 aromatic heterocycles. The van der Waals surface area contributed by atoms with Crippen molar-refractivity contribution in [3.05, 3.63) is 45.0 Å². The molecular formula is C13H13Br2N3O. The lowest BCUT2D eigenvalue weighted by Crippen LogP contribution is -2.04. The third-order valence-corrected chi connectivity index (χ3v) is 3.35. The zero-order chi connectivity index (χ0) is 13.7. The summed E-state index contributed by atoms with van der Waals surface area (Å²) in [4.78, 5) is 8.44. The number of hydrogen-bond donors (Lipinski definition) is 1. The molecule has 0 atom stereocenters. The van der Waals surface area contributed by atoms with Crippen LogP contribution in [0.2, 0.25) is 0 Å². The minimum Gasteiger partial charge on any atom is -0.472 e. The lowest BCUT2D eigenvalue weighted by atomic mass is 10.2. The summed E-state index contributed by atoms with van der Waals surface area (Å²) < 4.78 is 7.48. The van der Waals surface area contributed by atoms with Crippen LogP contribution in [0.3, 0.4) is 0 Å². The van der Waals surface area contributed by atoms with Crippen LogP contribution in [-0.2, 0) is 6.61 Å². The number of rotatable bonds is 5. The number of benzene rings is 1. The van der Waals surface area contributed by atoms with Crippen LogP contribution in [0.15, 0.2) is 39.4 Å². The van der Waals surface area contributed by atoms with Gasteiger partial charge in [-0.25, -0.2) is 4.98 Å². The molecule has 0 aliphatic carbocycles. The molecule has 2 aromatic rings. The number of aromatic nitrogens is 2. The first-order chi connectivity index (χ1) is 9.19. The van der Waals surface area contributed by atoms with Crippen molar-refractivity contribution in [3.63, 3.8) is 0 Å². The highest BCUT2D eigenvalue weighted by Crippen LogP contribution is 2.23. The van der Waals surface area contributed by atoms with Crippen LogP contribution in [0.1, 0.15) is 12.5 Å². The van der Waals surface area contributed by atoms with E-state index in [1.54, 1.807) is 6.20 Å². The van der Waals surface area contributed by atoms with Gasteiger partial charge in [0.25, 0.3) is 0 Å². The van der Waals surface area contributed by atoms with Crippen molar-refractivity contribution in [2.45, 2.75) is 13.5 Å². The molecule has 0 aliphatic heterocycles. The third-order valence-electron chi connectivity index (χ3n) is 2.31. The molecule has 0 spiro atoms. The van der Waals surface area contributed by atoms with E-state index in [0.29, 0.717) is 18.4 Å². The summed E-state index contributed by atoms with van der Waals surface area (Å²) >= 11 is 6.82. The van der Waals surface area contributed by atoms with Crippen LogP contribution < -0.4 is 10.1 Å². The van der Waals surface area contributed by atoms with Gasteiger partial charge in [0.05, 0.1) is 10.7 Å². The number of nitrogens with one attached hydrogen (secondary N) is 1. The van der Waals surface area contributed by atoms with Gasteiger partial charge in [-0.2, -0.15) is 4.98 Å². The van der Waals surface area contributed by atoms with E-state index in [1.807, 2.05) is 31.2 Å². The molecule has 2 rings (SSSR count). The second-order valence-corrected chi connectivity index (χ2v) is 5.57. The van der Waals surface area contributed by atoms with Gasteiger partial charge in [0.1, 0.15) is 6.61 Å². The lowest BCUT2D eigenvalue weighted by molar-refractivity contribution is 0.291. The standard InChI is InChI=1S/C13H13Br2N3O/c1-2-16-13-17-7-11(15)12(18-13)19-8-9-4-3-5-10(14)6-9/h3-7H,2,8H2,1H3,(H,16,17,18). The first kappa shape index (κ1) is 14.3. The van der Waals surface area contributed by atoms with Crippen LogP contribution in [0.5, 0.6) is 5.88 Å². The molecule has 4 nitrogen and oxygen atoms in total. The average molecular weight is 387 g/mol. The number of ether oxygens (including phenoxy) is 1. The highest BCUT2D eigenvalue weighted by Gasteiger charge is 2.06. The highest BCUT2D eigenvalue weighted by molar-refractivity contribution is 9.10. The molecule has 19 heavy (non-hydrogen) atoms. The van der Waals surface area contributed by atoms with Crippen molar-refractivity contribution < 1.29 is 4.74 Å². The summed E-state index contributed by atoms with van der Waals surface area (Å²) in [6, 6.07) is 7.97. The number of halogens is 2. The molecule has 1 heterocycles. The predicted octanol–water partition coefficient (Wildman–Crippen LogP) is 4.01. The van der Waals surface area contributed by atoms with Crippen molar-refractivity contribution >= 4 is 37.8 Å². The SMILES string of the molecule is CCNc1ncc(Br)c(OCc2cccc(Br)c2)n1. The van der Waals surface area contributed by atoms with E-state index >= 15 is 0 Å². The van der Waals surface area contributed by atoms with E-state index in [-0.39, 0.29) is 0 Å². The quantitative estimate of drug-likeness (QED) is 0.843. The van der Waals surface area contributed by atoms with Crippen molar-refractivity contribution in [2.75, 3.05) is 11.9 Å². The number of nitrogens with zero attached hydrogens (tertiary/aromatic N) is 2. The Hall–Kier alpha value is -1.14. The smallest absolute Gasteiger partial charge is 0.233 e. The molecule has 0 unspecified atom stereocenters. The van der Waals surface area contributed by atoms with Crippen molar-refractivity contribution in [1.82, 2.24) is 9.97 Å². The molecule has 0 bridgehead atoms. The van der Waals surface area contributed by atoms with E-state index in [0.717, 1.165) is 21.1 Å². The Kier molecular flexibility index (Phi) is 5.15. The summed E-state index contributed by atoms with van der Waals surface area (Å²) in [6.07, 6.45) is 1.68. The molecule has 6 heteroatoms. The van der Waals surface area contributed by atoms with E-state index in [4.69, 9.17) is 4.74 Å². The minimum atomic E-state index is 0.459. The fraction of sp³-hybridized carbons (Fsp3) is 0.231. The molecule has 0 aliphatic rings. The summed E-state index contributed by atoms with van der Waals surface area (Å²) in [5.41, 5.74) is 1.07. The fourth-order valence-corrected chi connectivity index (χ4v) is 2.23. The van der Waals surface area contributed by atoms with Gasteiger partial charge in [-0.3, -0.25) is 0 Å². The van der Waals surface area contributed by atoms with Crippen LogP contribution >= 0.6 is 31.9 Å². The van der Waals surface area contributed by atoms with Gasteiger partial charge in [0.15, 0.2) is 0 Å².